The lowest BCUT2D eigenvalue weighted by molar-refractivity contribution is -0.295. The van der Waals surface area contributed by atoms with Crippen LogP contribution in [-0.2, 0) is 18.9 Å². The molecule has 0 amide bonds. The van der Waals surface area contributed by atoms with Crippen LogP contribution in [-0.4, -0.2) is 47.2 Å². The Kier molecular flexibility index (Phi) is 5.13. The first kappa shape index (κ1) is 19.4. The minimum Gasteiger partial charge on any atom is -0.388 e. The highest BCUT2D eigenvalue weighted by molar-refractivity contribution is 5.18. The van der Waals surface area contributed by atoms with Gasteiger partial charge in [-0.15, -0.1) is 6.58 Å². The van der Waals surface area contributed by atoms with E-state index in [1.54, 1.807) is 13.0 Å². The monoisotopic (exact) mass is 482 g/mol. The first-order valence-corrected chi connectivity index (χ1v) is 12.9. The summed E-state index contributed by atoms with van der Waals surface area (Å²) in [6.45, 7) is 10.7. The van der Waals surface area contributed by atoms with Crippen molar-refractivity contribution >= 4 is 0 Å². The molecule has 0 aromatic carbocycles. The number of allylic oxidation sites excluding steroid dienone is 2. The van der Waals surface area contributed by atoms with Gasteiger partial charge < -0.3 is 24.1 Å². The molecule has 0 aromatic heterocycles. The molecule has 0 unspecified atom stereocenters. The second-order valence-electron chi connectivity index (χ2n) is 12.3. The van der Waals surface area contributed by atoms with Gasteiger partial charge in [-0.05, 0) is 89.2 Å². The van der Waals surface area contributed by atoms with E-state index >= 15 is 0 Å². The molecule has 4 aliphatic rings. The molecule has 5 heteroatoms. The second-order valence-corrected chi connectivity index (χ2v) is 12.3. The van der Waals surface area contributed by atoms with Crippen LogP contribution in [0.4, 0.5) is 0 Å². The van der Waals surface area contributed by atoms with Crippen molar-refractivity contribution in [3.05, 3.63) is 24.3 Å². The number of hydrogen-bond acceptors (Lipinski definition) is 5. The lowest BCUT2D eigenvalue weighted by atomic mass is 9.48. The molecule has 1 saturated carbocycles. The van der Waals surface area contributed by atoms with Gasteiger partial charge in [-0.25, -0.2) is 0 Å². The number of hydrogen-bond donors (Lipinski definition) is 1. The highest BCUT2D eigenvalue weighted by Gasteiger charge is 2.56. The van der Waals surface area contributed by atoms with Gasteiger partial charge in [-0.3, -0.25) is 0 Å². The predicted octanol–water partition coefficient (Wildman–Crippen LogP) is 6.15. The molecule has 0 bridgehead atoms. The molecule has 4 rings (SSSR count). The Balaban J connectivity index is 1.57. The smallest absolute Gasteiger partial charge is 0.187 e. The number of ether oxygens (including phenoxy) is 4. The van der Waals surface area contributed by atoms with E-state index in [0.717, 1.165) is 12.8 Å². The molecule has 2 aliphatic carbocycles. The van der Waals surface area contributed by atoms with Gasteiger partial charge in [0.05, 0.1) is 11.7 Å². The van der Waals surface area contributed by atoms with Crippen molar-refractivity contribution in [2.75, 3.05) is 0 Å². The van der Waals surface area contributed by atoms with Gasteiger partial charge in [0.2, 0.25) is 0 Å². The standard InChI is InChI=1S/C29H48O5/c1-10-28(8,34-25-24-23(22(30)19(3)31-25)32-27(6,7)33-24)17-14-20-18(2)12-13-21-26(4,5)15-11-16-29(20,21)9/h10,12,19-25,30H,1,11,13-17H2,2-9H3/t19-,20-,21-,22-,23+,24+,25-,28-,29+/m0/s1/i6D3,7D3. The van der Waals surface area contributed by atoms with Crippen molar-refractivity contribution < 1.29 is 32.3 Å². The van der Waals surface area contributed by atoms with E-state index < -0.39 is 55.8 Å². The molecule has 3 fully saturated rings. The average molecular weight is 483 g/mol. The van der Waals surface area contributed by atoms with Crippen LogP contribution in [0.1, 0.15) is 102 Å². The summed E-state index contributed by atoms with van der Waals surface area (Å²) in [5, 5.41) is 10.8. The van der Waals surface area contributed by atoms with E-state index in [1.165, 1.54) is 24.8 Å². The summed E-state index contributed by atoms with van der Waals surface area (Å²) in [7, 11) is 0. The normalized spacial score (nSPS) is 48.3. The van der Waals surface area contributed by atoms with Crippen molar-refractivity contribution in [2.45, 2.75) is 136 Å². The SMILES string of the molecule is [2H]C([2H])([2H])C1(C([2H])([2H])[2H])O[C@@H]2[C@@H](O)[C@H](C)O[C@@H](O[C@@](C)(C=C)CC[C@H]3C(C)=CC[C@H]4C(C)(C)CCC[C@]34C)[C@@H]2O1. The second kappa shape index (κ2) is 8.99. The summed E-state index contributed by atoms with van der Waals surface area (Å²) in [6.07, 6.45) is 4.55. The summed E-state index contributed by atoms with van der Waals surface area (Å²) in [4.78, 5) is 0. The minimum absolute atomic E-state index is 0.176. The van der Waals surface area contributed by atoms with Gasteiger partial charge in [-0.2, -0.15) is 0 Å². The molecule has 194 valence electrons. The summed E-state index contributed by atoms with van der Waals surface area (Å²) >= 11 is 0. The molecule has 34 heavy (non-hydrogen) atoms. The fourth-order valence-electron chi connectivity index (χ4n) is 7.35. The van der Waals surface area contributed by atoms with Crippen molar-refractivity contribution in [3.63, 3.8) is 0 Å². The van der Waals surface area contributed by atoms with Gasteiger partial charge in [0.25, 0.3) is 0 Å². The maximum absolute atomic E-state index is 10.8. The molecule has 1 N–H and O–H groups in total. The lowest BCUT2D eigenvalue weighted by Gasteiger charge is -2.57. The average Bonchev–Trinajstić information content (AvgIpc) is 3.25. The lowest BCUT2D eigenvalue weighted by Crippen LogP contribution is -2.57. The van der Waals surface area contributed by atoms with Gasteiger partial charge in [0.15, 0.2) is 12.1 Å². The summed E-state index contributed by atoms with van der Waals surface area (Å²) < 4.78 is 71.4. The van der Waals surface area contributed by atoms with E-state index in [0.29, 0.717) is 18.3 Å². The molecule has 9 atom stereocenters. The zero-order chi connectivity index (χ0) is 30.1. The molecule has 2 aliphatic heterocycles. The molecule has 2 saturated heterocycles. The van der Waals surface area contributed by atoms with E-state index in [2.05, 4.69) is 40.3 Å². The van der Waals surface area contributed by atoms with Crippen LogP contribution in [0, 0.1) is 22.7 Å². The number of aliphatic hydroxyl groups excluding tert-OH is 1. The van der Waals surface area contributed by atoms with Crippen LogP contribution in [0.3, 0.4) is 0 Å². The third kappa shape index (κ3) is 4.68. The Bertz CT molecular complexity index is 978. The predicted molar refractivity (Wildman–Crippen MR) is 134 cm³/mol. The molecule has 2 heterocycles. The Hall–Kier alpha value is -0.720. The maximum Gasteiger partial charge on any atom is 0.187 e. The van der Waals surface area contributed by atoms with Crippen LogP contribution in [0.15, 0.2) is 24.3 Å². The van der Waals surface area contributed by atoms with Gasteiger partial charge >= 0.3 is 0 Å². The fourth-order valence-corrected chi connectivity index (χ4v) is 7.35. The van der Waals surface area contributed by atoms with E-state index in [1.807, 2.05) is 6.92 Å². The maximum atomic E-state index is 10.8. The van der Waals surface area contributed by atoms with Crippen LogP contribution in [0.25, 0.3) is 0 Å². The minimum atomic E-state index is -3.14. The Labute approximate surface area is 215 Å². The molecular weight excluding hydrogens is 428 g/mol. The molecule has 5 nitrogen and oxygen atoms in total. The van der Waals surface area contributed by atoms with Crippen molar-refractivity contribution in [3.8, 4) is 0 Å². The van der Waals surface area contributed by atoms with E-state index in [4.69, 9.17) is 27.2 Å². The highest BCUT2D eigenvalue weighted by Crippen LogP contribution is 2.60. The number of aliphatic hydroxyl groups is 1. The Morgan fingerprint density at radius 1 is 1.26 bits per heavy atom. The van der Waals surface area contributed by atoms with Crippen LogP contribution >= 0.6 is 0 Å². The fraction of sp³-hybridized carbons (Fsp3) is 0.862. The first-order valence-electron chi connectivity index (χ1n) is 15.9. The Morgan fingerprint density at radius 3 is 2.65 bits per heavy atom. The van der Waals surface area contributed by atoms with Crippen LogP contribution in [0.5, 0.6) is 0 Å². The van der Waals surface area contributed by atoms with E-state index in [-0.39, 0.29) is 10.8 Å². The van der Waals surface area contributed by atoms with Crippen LogP contribution < -0.4 is 0 Å². The Morgan fingerprint density at radius 2 is 1.97 bits per heavy atom. The first-order chi connectivity index (χ1) is 18.2. The molecule has 0 radical (unpaired) electrons. The third-order valence-electron chi connectivity index (χ3n) is 9.41. The van der Waals surface area contributed by atoms with Crippen molar-refractivity contribution in [2.24, 2.45) is 22.7 Å². The molecule has 0 aromatic rings. The molecular formula is C29H48O5. The topological polar surface area (TPSA) is 57.2 Å². The van der Waals surface area contributed by atoms with Gasteiger partial charge in [0, 0.05) is 8.22 Å². The summed E-state index contributed by atoms with van der Waals surface area (Å²) in [5.41, 5.74) is 0.969. The van der Waals surface area contributed by atoms with E-state index in [9.17, 15) is 5.11 Å². The summed E-state index contributed by atoms with van der Waals surface area (Å²) in [6, 6.07) is 0. The van der Waals surface area contributed by atoms with Crippen molar-refractivity contribution in [1.82, 2.24) is 0 Å². The van der Waals surface area contributed by atoms with Crippen molar-refractivity contribution in [1.29, 1.82) is 0 Å². The molecule has 0 spiro atoms. The van der Waals surface area contributed by atoms with Gasteiger partial charge in [-0.1, -0.05) is 44.9 Å². The highest BCUT2D eigenvalue weighted by atomic mass is 16.8. The zero-order valence-corrected chi connectivity index (χ0v) is 21.7. The van der Waals surface area contributed by atoms with Crippen LogP contribution in [0.2, 0.25) is 0 Å². The number of rotatable bonds is 6. The summed E-state index contributed by atoms with van der Waals surface area (Å²) in [5.74, 6) is -1.93. The number of fused-ring (bicyclic) bond motifs is 2. The zero-order valence-electron chi connectivity index (χ0n) is 27.7. The van der Waals surface area contributed by atoms with Gasteiger partial charge in [0.1, 0.15) is 18.3 Å². The quantitative estimate of drug-likeness (QED) is 0.460. The third-order valence-corrected chi connectivity index (χ3v) is 9.41. The largest absolute Gasteiger partial charge is 0.388 e.